The minimum absolute atomic E-state index is 0.0790. The van der Waals surface area contributed by atoms with Crippen LogP contribution in [0.2, 0.25) is 5.02 Å². The number of hydrogen-bond acceptors (Lipinski definition) is 3. The number of aliphatic imine (C=N–C) groups is 1. The number of imidazole rings is 1. The van der Waals surface area contributed by atoms with Gasteiger partial charge in [-0.1, -0.05) is 17.7 Å². The molecule has 0 fully saturated rings. The first-order chi connectivity index (χ1) is 14.1. The van der Waals surface area contributed by atoms with Crippen molar-refractivity contribution < 1.29 is 27.1 Å². The fourth-order valence-corrected chi connectivity index (χ4v) is 3.87. The molecule has 4 nitrogen and oxygen atoms in total. The van der Waals surface area contributed by atoms with Crippen LogP contribution in [0.15, 0.2) is 41.5 Å². The maximum atomic E-state index is 14.6. The maximum absolute atomic E-state index is 14.6. The first-order valence-electron chi connectivity index (χ1n) is 8.75. The van der Waals surface area contributed by atoms with Gasteiger partial charge in [-0.2, -0.15) is 13.2 Å². The topological polar surface area (TPSA) is 50.4 Å². The number of alkyl halides is 3. The number of aliphatic hydroxyl groups is 1. The van der Waals surface area contributed by atoms with Gasteiger partial charge in [-0.25, -0.2) is 13.8 Å². The molecule has 3 aromatic rings. The summed E-state index contributed by atoms with van der Waals surface area (Å²) < 4.78 is 71.2. The highest BCUT2D eigenvalue weighted by Crippen LogP contribution is 2.42. The molecule has 4 rings (SSSR count). The molecule has 2 aromatic carbocycles. The molecule has 2 heterocycles. The summed E-state index contributed by atoms with van der Waals surface area (Å²) in [7, 11) is 0. The predicted octanol–water partition coefficient (Wildman–Crippen LogP) is 5.23. The van der Waals surface area contributed by atoms with Crippen LogP contribution >= 0.6 is 11.6 Å². The van der Waals surface area contributed by atoms with Crippen LogP contribution in [-0.4, -0.2) is 20.4 Å². The van der Waals surface area contributed by atoms with E-state index in [4.69, 9.17) is 11.6 Å². The Morgan fingerprint density at radius 1 is 1.10 bits per heavy atom. The lowest BCUT2D eigenvalue weighted by atomic mass is 9.97. The van der Waals surface area contributed by atoms with Crippen molar-refractivity contribution in [2.45, 2.75) is 25.7 Å². The summed E-state index contributed by atoms with van der Waals surface area (Å²) in [6.07, 6.45) is -3.45. The molecule has 0 spiro atoms. The third-order valence-corrected chi connectivity index (χ3v) is 5.22. The Hall–Kier alpha value is -2.78. The third-order valence-electron chi connectivity index (χ3n) is 4.82. The summed E-state index contributed by atoms with van der Waals surface area (Å²) in [6, 6.07) is 4.21. The second-order valence-corrected chi connectivity index (χ2v) is 7.05. The summed E-state index contributed by atoms with van der Waals surface area (Å²) in [6.45, 7) is 1.10. The Kier molecular flexibility index (Phi) is 4.90. The number of nitrogens with zero attached hydrogens (tertiary/aromatic N) is 3. The second kappa shape index (κ2) is 7.17. The lowest BCUT2D eigenvalue weighted by molar-refractivity contribution is -0.137. The van der Waals surface area contributed by atoms with Gasteiger partial charge in [0, 0.05) is 5.56 Å². The number of rotatable bonds is 2. The summed E-state index contributed by atoms with van der Waals surface area (Å²) >= 11 is 6.17. The van der Waals surface area contributed by atoms with Crippen molar-refractivity contribution in [2.75, 3.05) is 0 Å². The molecule has 0 bridgehead atoms. The molecular formula is C20H13ClF5N3O. The highest BCUT2D eigenvalue weighted by Gasteiger charge is 2.38. The summed E-state index contributed by atoms with van der Waals surface area (Å²) in [5, 5.41) is 8.93. The van der Waals surface area contributed by atoms with Crippen LogP contribution in [0.1, 0.15) is 41.2 Å². The molecule has 1 atom stereocenters. The van der Waals surface area contributed by atoms with E-state index in [-0.39, 0.29) is 28.5 Å². The number of aliphatic hydroxyl groups excluding tert-OH is 1. The molecule has 156 valence electrons. The number of hydrogen-bond donors (Lipinski definition) is 1. The number of aromatic nitrogens is 2. The average molecular weight is 442 g/mol. The maximum Gasteiger partial charge on any atom is 0.417 e. The molecular weight excluding hydrogens is 429 g/mol. The highest BCUT2D eigenvalue weighted by atomic mass is 35.5. The minimum Gasteiger partial charge on any atom is -0.390 e. The van der Waals surface area contributed by atoms with Crippen LogP contribution in [0.3, 0.4) is 0 Å². The normalized spacial score (nSPS) is 16.0. The van der Waals surface area contributed by atoms with E-state index in [0.29, 0.717) is 0 Å². The van der Waals surface area contributed by atoms with Crippen molar-refractivity contribution in [1.82, 2.24) is 9.55 Å². The quantitative estimate of drug-likeness (QED) is 0.554. The first kappa shape index (κ1) is 20.5. The van der Waals surface area contributed by atoms with E-state index in [2.05, 4.69) is 9.98 Å². The van der Waals surface area contributed by atoms with Gasteiger partial charge < -0.3 is 5.11 Å². The molecule has 0 unspecified atom stereocenters. The van der Waals surface area contributed by atoms with Crippen molar-refractivity contribution in [2.24, 2.45) is 4.99 Å². The van der Waals surface area contributed by atoms with Crippen LogP contribution in [0.5, 0.6) is 0 Å². The molecule has 0 saturated carbocycles. The van der Waals surface area contributed by atoms with Crippen LogP contribution in [0.4, 0.5) is 22.0 Å². The van der Waals surface area contributed by atoms with Gasteiger partial charge in [0.15, 0.2) is 0 Å². The molecule has 10 heteroatoms. The smallest absolute Gasteiger partial charge is 0.390 e. The van der Waals surface area contributed by atoms with Crippen molar-refractivity contribution in [1.29, 1.82) is 0 Å². The van der Waals surface area contributed by atoms with Gasteiger partial charge in [0.05, 0.1) is 46.0 Å². The molecule has 30 heavy (non-hydrogen) atoms. The fourth-order valence-electron chi connectivity index (χ4n) is 3.51. The number of fused-ring (bicyclic) bond motifs is 3. The van der Waals surface area contributed by atoms with E-state index >= 15 is 0 Å². The van der Waals surface area contributed by atoms with Crippen LogP contribution in [0.25, 0.3) is 5.69 Å². The molecule has 0 aliphatic carbocycles. The zero-order valence-corrected chi connectivity index (χ0v) is 16.1. The molecule has 1 N–H and O–H groups in total. The van der Waals surface area contributed by atoms with E-state index in [1.54, 1.807) is 6.92 Å². The van der Waals surface area contributed by atoms with Crippen LogP contribution in [0, 0.1) is 11.6 Å². The number of benzene rings is 2. The van der Waals surface area contributed by atoms with Gasteiger partial charge in [-0.3, -0.25) is 9.56 Å². The van der Waals surface area contributed by atoms with Crippen LogP contribution < -0.4 is 0 Å². The summed E-state index contributed by atoms with van der Waals surface area (Å²) in [4.78, 5) is 8.49. The third kappa shape index (κ3) is 3.09. The SMILES string of the molecule is C[C@@H]1N=C(c2c(F)cccc2F)c2c(ccc(C(F)(F)F)c2Cl)-n2c(CO)cnc21. The second-order valence-electron chi connectivity index (χ2n) is 6.67. The standard InChI is InChI=1S/C20H13ClF5N3O/c1-9-19-27-7-10(8-30)29(19)14-6-5-11(20(24,25)26)17(21)16(14)18(28-9)15-12(22)3-2-4-13(15)23/h2-7,9,30H,8H2,1H3/t9-/m0/s1. The minimum atomic E-state index is -4.81. The zero-order chi connectivity index (χ0) is 21.8. The molecule has 0 radical (unpaired) electrons. The van der Waals surface area contributed by atoms with Crippen molar-refractivity contribution in [3.8, 4) is 5.69 Å². The van der Waals surface area contributed by atoms with E-state index in [1.165, 1.54) is 10.8 Å². The molecule has 0 amide bonds. The summed E-state index contributed by atoms with van der Waals surface area (Å²) in [5.41, 5.74) is -2.08. The lowest BCUT2D eigenvalue weighted by Gasteiger charge is -2.19. The van der Waals surface area contributed by atoms with Crippen LogP contribution in [-0.2, 0) is 12.8 Å². The van der Waals surface area contributed by atoms with Gasteiger partial charge in [-0.15, -0.1) is 0 Å². The monoisotopic (exact) mass is 441 g/mol. The van der Waals surface area contributed by atoms with Crippen molar-refractivity contribution in [3.63, 3.8) is 0 Å². The molecule has 1 aliphatic rings. The lowest BCUT2D eigenvalue weighted by Crippen LogP contribution is -2.16. The Morgan fingerprint density at radius 3 is 2.37 bits per heavy atom. The van der Waals surface area contributed by atoms with Crippen molar-refractivity contribution >= 4 is 17.3 Å². The van der Waals surface area contributed by atoms with Gasteiger partial charge in [0.25, 0.3) is 0 Å². The fraction of sp³-hybridized carbons (Fsp3) is 0.200. The number of halogens is 6. The average Bonchev–Trinajstić information content (AvgIpc) is 3.05. The zero-order valence-electron chi connectivity index (χ0n) is 15.3. The van der Waals surface area contributed by atoms with Crippen molar-refractivity contribution in [3.05, 3.63) is 81.4 Å². The Labute approximate surface area is 172 Å². The first-order valence-corrected chi connectivity index (χ1v) is 9.13. The molecule has 1 aliphatic heterocycles. The highest BCUT2D eigenvalue weighted by molar-refractivity contribution is 6.37. The van der Waals surface area contributed by atoms with Gasteiger partial charge in [0.1, 0.15) is 23.5 Å². The van der Waals surface area contributed by atoms with Gasteiger partial charge in [-0.05, 0) is 31.2 Å². The van der Waals surface area contributed by atoms with Gasteiger partial charge in [0.2, 0.25) is 0 Å². The van der Waals surface area contributed by atoms with E-state index in [0.717, 1.165) is 30.3 Å². The van der Waals surface area contributed by atoms with E-state index in [1.807, 2.05) is 0 Å². The van der Waals surface area contributed by atoms with E-state index < -0.39 is 46.6 Å². The Morgan fingerprint density at radius 2 is 1.77 bits per heavy atom. The van der Waals surface area contributed by atoms with Gasteiger partial charge >= 0.3 is 6.18 Å². The Bertz CT molecular complexity index is 1170. The van der Waals surface area contributed by atoms with E-state index in [9.17, 15) is 27.1 Å². The predicted molar refractivity (Wildman–Crippen MR) is 99.9 cm³/mol. The molecule has 0 saturated heterocycles. The Balaban J connectivity index is 2.15. The molecule has 1 aromatic heterocycles. The summed E-state index contributed by atoms with van der Waals surface area (Å²) in [5.74, 6) is -1.72. The largest absolute Gasteiger partial charge is 0.417 e.